The van der Waals surface area contributed by atoms with Crippen molar-refractivity contribution in [3.05, 3.63) is 35.6 Å². The Balaban J connectivity index is 1.31. The molecule has 0 radical (unpaired) electrons. The van der Waals surface area contributed by atoms with Crippen molar-refractivity contribution in [3.8, 4) is 5.88 Å². The zero-order valence-corrected chi connectivity index (χ0v) is 14.8. The maximum Gasteiger partial charge on any atom is 0.255 e. The summed E-state index contributed by atoms with van der Waals surface area (Å²) in [7, 11) is 1.55. The van der Waals surface area contributed by atoms with Gasteiger partial charge < -0.3 is 18.9 Å². The molecule has 2 aromatic heterocycles. The Morgan fingerprint density at radius 1 is 1.35 bits per heavy atom. The number of carbonyl (C=O) groups excluding carboxylic acids is 1. The second-order valence-electron chi connectivity index (χ2n) is 6.74. The van der Waals surface area contributed by atoms with E-state index in [1.165, 1.54) is 0 Å². The molecule has 3 heterocycles. The average molecular weight is 358 g/mol. The van der Waals surface area contributed by atoms with Crippen LogP contribution in [-0.4, -0.2) is 52.2 Å². The van der Waals surface area contributed by atoms with Gasteiger partial charge >= 0.3 is 0 Å². The summed E-state index contributed by atoms with van der Waals surface area (Å²) in [5.41, 5.74) is 0.553. The van der Waals surface area contributed by atoms with Gasteiger partial charge in [0.05, 0.1) is 18.8 Å². The zero-order chi connectivity index (χ0) is 17.9. The molecule has 1 aliphatic carbocycles. The summed E-state index contributed by atoms with van der Waals surface area (Å²) < 4.78 is 16.2. The molecule has 1 saturated carbocycles. The molecule has 2 aliphatic rings. The predicted octanol–water partition coefficient (Wildman–Crippen LogP) is 2.17. The van der Waals surface area contributed by atoms with Gasteiger partial charge in [-0.2, -0.15) is 4.98 Å². The highest BCUT2D eigenvalue weighted by molar-refractivity contribution is 5.94. The van der Waals surface area contributed by atoms with Crippen molar-refractivity contribution in [2.24, 2.45) is 0 Å². The van der Waals surface area contributed by atoms with Crippen LogP contribution in [0.2, 0.25) is 0 Å². The molecule has 0 bridgehead atoms. The molecule has 0 spiro atoms. The molecule has 8 nitrogen and oxygen atoms in total. The zero-order valence-electron chi connectivity index (χ0n) is 14.8. The number of rotatable bonds is 6. The molecule has 0 unspecified atom stereocenters. The number of piperidine rings is 1. The topological polar surface area (TPSA) is 90.6 Å². The van der Waals surface area contributed by atoms with Gasteiger partial charge in [0.25, 0.3) is 11.8 Å². The molecule has 1 aliphatic heterocycles. The summed E-state index contributed by atoms with van der Waals surface area (Å²) >= 11 is 0. The minimum atomic E-state index is -0.0396. The van der Waals surface area contributed by atoms with Crippen molar-refractivity contribution in [2.45, 2.75) is 44.3 Å². The standard InChI is InChI=1S/C18H22N4O4/c1-24-15-7-6-13(9-19-15)18(23)22-8-2-3-14(10-22)25-11-16-20-17(21-26-16)12-4-5-12/h6-7,9,12,14H,2-5,8,10-11H2,1H3/t14-/m1/s1. The van der Waals surface area contributed by atoms with Crippen LogP contribution in [0, 0.1) is 0 Å². The van der Waals surface area contributed by atoms with E-state index in [9.17, 15) is 4.79 Å². The number of hydrogen-bond donors (Lipinski definition) is 0. The number of aromatic nitrogens is 3. The van der Waals surface area contributed by atoms with Crippen LogP contribution in [0.4, 0.5) is 0 Å². The third kappa shape index (κ3) is 3.85. The summed E-state index contributed by atoms with van der Waals surface area (Å²) in [6, 6.07) is 3.43. The fraction of sp³-hybridized carbons (Fsp3) is 0.556. The molecule has 1 saturated heterocycles. The quantitative estimate of drug-likeness (QED) is 0.781. The van der Waals surface area contributed by atoms with Crippen LogP contribution < -0.4 is 4.74 Å². The maximum absolute atomic E-state index is 12.7. The fourth-order valence-electron chi connectivity index (χ4n) is 3.09. The lowest BCUT2D eigenvalue weighted by Crippen LogP contribution is -2.43. The van der Waals surface area contributed by atoms with Crippen LogP contribution in [-0.2, 0) is 11.3 Å². The predicted molar refractivity (Wildman–Crippen MR) is 90.8 cm³/mol. The van der Waals surface area contributed by atoms with E-state index >= 15 is 0 Å². The molecule has 26 heavy (non-hydrogen) atoms. The van der Waals surface area contributed by atoms with Crippen molar-refractivity contribution in [3.63, 3.8) is 0 Å². The number of ether oxygens (including phenoxy) is 2. The Bertz CT molecular complexity index is 757. The van der Waals surface area contributed by atoms with Gasteiger partial charge in [0.1, 0.15) is 6.61 Å². The van der Waals surface area contributed by atoms with Gasteiger partial charge in [-0.15, -0.1) is 0 Å². The van der Waals surface area contributed by atoms with E-state index in [0.717, 1.165) is 38.1 Å². The minimum absolute atomic E-state index is 0.0322. The van der Waals surface area contributed by atoms with Crippen molar-refractivity contribution in [1.29, 1.82) is 0 Å². The minimum Gasteiger partial charge on any atom is -0.481 e. The van der Waals surface area contributed by atoms with E-state index < -0.39 is 0 Å². The number of methoxy groups -OCH3 is 1. The second kappa shape index (κ2) is 7.41. The van der Waals surface area contributed by atoms with Crippen LogP contribution in [0.3, 0.4) is 0 Å². The van der Waals surface area contributed by atoms with Crippen molar-refractivity contribution in [1.82, 2.24) is 20.0 Å². The van der Waals surface area contributed by atoms with Crippen molar-refractivity contribution < 1.29 is 18.8 Å². The summed E-state index contributed by atoms with van der Waals surface area (Å²) in [5.74, 6) is 2.22. The Hall–Kier alpha value is -2.48. The second-order valence-corrected chi connectivity index (χ2v) is 6.74. The molecular weight excluding hydrogens is 336 g/mol. The molecule has 0 N–H and O–H groups in total. The van der Waals surface area contributed by atoms with Gasteiger partial charge in [0.2, 0.25) is 5.88 Å². The highest BCUT2D eigenvalue weighted by atomic mass is 16.5. The van der Waals surface area contributed by atoms with Crippen LogP contribution in [0.25, 0.3) is 0 Å². The molecule has 0 aromatic carbocycles. The van der Waals surface area contributed by atoms with Gasteiger partial charge in [0, 0.05) is 31.3 Å². The maximum atomic E-state index is 12.7. The Morgan fingerprint density at radius 3 is 2.96 bits per heavy atom. The third-order valence-corrected chi connectivity index (χ3v) is 4.73. The summed E-state index contributed by atoms with van der Waals surface area (Å²) in [6.45, 7) is 1.56. The number of likely N-dealkylation sites (tertiary alicyclic amines) is 1. The Morgan fingerprint density at radius 2 is 2.23 bits per heavy atom. The number of pyridine rings is 1. The smallest absolute Gasteiger partial charge is 0.255 e. The summed E-state index contributed by atoms with van der Waals surface area (Å²) in [4.78, 5) is 22.9. The van der Waals surface area contributed by atoms with Gasteiger partial charge in [-0.25, -0.2) is 4.98 Å². The molecule has 2 aromatic rings. The molecular formula is C18H22N4O4. The highest BCUT2D eigenvalue weighted by Crippen LogP contribution is 2.38. The van der Waals surface area contributed by atoms with Crippen LogP contribution >= 0.6 is 0 Å². The van der Waals surface area contributed by atoms with Gasteiger partial charge in [-0.3, -0.25) is 4.79 Å². The largest absolute Gasteiger partial charge is 0.481 e. The van der Waals surface area contributed by atoms with Crippen molar-refractivity contribution >= 4 is 5.91 Å². The molecule has 4 rings (SSSR count). The first-order valence-corrected chi connectivity index (χ1v) is 8.96. The van der Waals surface area contributed by atoms with Crippen molar-refractivity contribution in [2.75, 3.05) is 20.2 Å². The van der Waals surface area contributed by atoms with E-state index in [0.29, 0.717) is 29.8 Å². The average Bonchev–Trinajstić information content (AvgIpc) is 3.44. The first-order chi connectivity index (χ1) is 12.7. The molecule has 1 atom stereocenters. The number of carbonyl (C=O) groups is 1. The van der Waals surface area contributed by atoms with E-state index in [-0.39, 0.29) is 18.6 Å². The number of amides is 1. The van der Waals surface area contributed by atoms with E-state index in [1.54, 1.807) is 30.3 Å². The van der Waals surface area contributed by atoms with Crippen LogP contribution in [0.5, 0.6) is 5.88 Å². The van der Waals surface area contributed by atoms with Gasteiger partial charge in [0.15, 0.2) is 5.82 Å². The van der Waals surface area contributed by atoms with Crippen LogP contribution in [0.1, 0.15) is 53.7 Å². The summed E-state index contributed by atoms with van der Waals surface area (Å²) in [6.07, 6.45) is 5.60. The molecule has 1 amide bonds. The third-order valence-electron chi connectivity index (χ3n) is 4.73. The summed E-state index contributed by atoms with van der Waals surface area (Å²) in [5, 5.41) is 3.99. The van der Waals surface area contributed by atoms with Crippen LogP contribution in [0.15, 0.2) is 22.9 Å². The fourth-order valence-corrected chi connectivity index (χ4v) is 3.09. The Kier molecular flexibility index (Phi) is 4.83. The van der Waals surface area contributed by atoms with Gasteiger partial charge in [-0.05, 0) is 31.7 Å². The Labute approximate surface area is 151 Å². The lowest BCUT2D eigenvalue weighted by Gasteiger charge is -2.32. The van der Waals surface area contributed by atoms with E-state index in [1.807, 2.05) is 0 Å². The SMILES string of the molecule is COc1ccc(C(=O)N2CCC[C@@H](OCc3nc(C4CC4)no3)C2)cn1. The molecule has 2 fully saturated rings. The molecule has 138 valence electrons. The molecule has 8 heteroatoms. The van der Waals surface area contributed by atoms with E-state index in [2.05, 4.69) is 15.1 Å². The first-order valence-electron chi connectivity index (χ1n) is 8.96. The monoisotopic (exact) mass is 358 g/mol. The lowest BCUT2D eigenvalue weighted by atomic mass is 10.1. The number of nitrogens with zero attached hydrogens (tertiary/aromatic N) is 4. The lowest BCUT2D eigenvalue weighted by molar-refractivity contribution is -0.0153. The number of hydrogen-bond acceptors (Lipinski definition) is 7. The highest BCUT2D eigenvalue weighted by Gasteiger charge is 2.29. The van der Waals surface area contributed by atoms with Gasteiger partial charge in [-0.1, -0.05) is 5.16 Å². The van der Waals surface area contributed by atoms with E-state index in [4.69, 9.17) is 14.0 Å². The first kappa shape index (κ1) is 17.0. The normalized spacial score (nSPS) is 20.2.